The molecule has 0 aromatic heterocycles. The smallest absolute Gasteiger partial charge is 0.326 e. The Morgan fingerprint density at radius 1 is 0.918 bits per heavy atom. The average molecular weight is 859 g/mol. The highest BCUT2D eigenvalue weighted by Crippen LogP contribution is 2.30. The molecular weight excluding hydrogens is 785 g/mol. The van der Waals surface area contributed by atoms with Crippen molar-refractivity contribution in [3.8, 4) is 0 Å². The first kappa shape index (κ1) is 52.7. The number of carboxylic acid groups (broad SMARTS) is 1. The summed E-state index contributed by atoms with van der Waals surface area (Å²) in [6.45, 7) is 17.8. The SMILES string of the molecule is C=NCCOCCC(=O)N(C)[C@H](C(=O)N[C@H](C(=O)N(C)[C@@H]([C@@H](C)CC)[C@@H](CC(=O)N1CCC[C@H]1[C@H](OC)[C@@H](C)C(=O)N[C@@H](Cc1ccccc1)C(=O)O)OC)C(C)C)C(C)C. The molecule has 344 valence electrons. The van der Waals surface area contributed by atoms with Gasteiger partial charge in [0.05, 0.1) is 62.8 Å². The molecule has 1 saturated heterocycles. The zero-order valence-electron chi connectivity index (χ0n) is 38.4. The molecule has 5 amide bonds. The van der Waals surface area contributed by atoms with Gasteiger partial charge in [-0.1, -0.05) is 85.2 Å². The molecule has 3 N–H and O–H groups in total. The highest BCUT2D eigenvalue weighted by atomic mass is 16.5. The number of aliphatic imine (C=N–C) groups is 1. The number of carbonyl (C=O) groups excluding carboxylic acids is 5. The van der Waals surface area contributed by atoms with Crippen LogP contribution in [0.15, 0.2) is 35.3 Å². The molecule has 1 aromatic rings. The van der Waals surface area contributed by atoms with E-state index in [9.17, 15) is 33.9 Å². The molecule has 0 aliphatic carbocycles. The third kappa shape index (κ3) is 15.2. The molecule has 2 rings (SSSR count). The second-order valence-corrected chi connectivity index (χ2v) is 16.9. The molecule has 1 fully saturated rings. The Labute approximate surface area is 363 Å². The van der Waals surface area contributed by atoms with Crippen LogP contribution in [0.5, 0.6) is 0 Å². The molecule has 1 aromatic carbocycles. The zero-order valence-corrected chi connectivity index (χ0v) is 38.4. The Morgan fingerprint density at radius 3 is 2.11 bits per heavy atom. The Balaban J connectivity index is 2.26. The predicted molar refractivity (Wildman–Crippen MR) is 234 cm³/mol. The molecule has 0 spiro atoms. The van der Waals surface area contributed by atoms with Crippen molar-refractivity contribution < 1.29 is 48.1 Å². The van der Waals surface area contributed by atoms with Gasteiger partial charge in [-0.15, -0.1) is 0 Å². The Hall–Kier alpha value is -4.41. The van der Waals surface area contributed by atoms with Gasteiger partial charge in [-0.2, -0.15) is 0 Å². The maximum absolute atomic E-state index is 14.5. The van der Waals surface area contributed by atoms with Gasteiger partial charge in [-0.25, -0.2) is 4.79 Å². The molecule has 9 atom stereocenters. The van der Waals surface area contributed by atoms with Crippen LogP contribution in [0.25, 0.3) is 0 Å². The lowest BCUT2D eigenvalue weighted by Gasteiger charge is -2.41. The van der Waals surface area contributed by atoms with Crippen molar-refractivity contribution in [1.29, 1.82) is 0 Å². The van der Waals surface area contributed by atoms with E-state index < -0.39 is 66.1 Å². The van der Waals surface area contributed by atoms with Crippen LogP contribution in [0.1, 0.15) is 86.1 Å². The van der Waals surface area contributed by atoms with Gasteiger partial charge in [0.25, 0.3) is 0 Å². The number of nitrogens with zero attached hydrogens (tertiary/aromatic N) is 4. The third-order valence-corrected chi connectivity index (χ3v) is 12.0. The molecule has 16 heteroatoms. The van der Waals surface area contributed by atoms with Crippen molar-refractivity contribution in [2.75, 3.05) is 54.6 Å². The molecule has 61 heavy (non-hydrogen) atoms. The highest BCUT2D eigenvalue weighted by Gasteiger charge is 2.43. The van der Waals surface area contributed by atoms with E-state index in [0.29, 0.717) is 39.0 Å². The second-order valence-electron chi connectivity index (χ2n) is 16.9. The van der Waals surface area contributed by atoms with Crippen LogP contribution in [0.2, 0.25) is 0 Å². The van der Waals surface area contributed by atoms with Crippen LogP contribution >= 0.6 is 0 Å². The van der Waals surface area contributed by atoms with Gasteiger partial charge >= 0.3 is 5.97 Å². The van der Waals surface area contributed by atoms with E-state index in [-0.39, 0.29) is 61.3 Å². The Kier molecular flexibility index (Phi) is 22.6. The lowest BCUT2D eigenvalue weighted by Crippen LogP contribution is -2.60. The Bertz CT molecular complexity index is 1580. The van der Waals surface area contributed by atoms with Crippen molar-refractivity contribution in [2.24, 2.45) is 28.7 Å². The summed E-state index contributed by atoms with van der Waals surface area (Å²) in [5.41, 5.74) is 0.769. The summed E-state index contributed by atoms with van der Waals surface area (Å²) < 4.78 is 17.3. The minimum Gasteiger partial charge on any atom is -0.480 e. The van der Waals surface area contributed by atoms with Crippen molar-refractivity contribution in [2.45, 2.75) is 129 Å². The van der Waals surface area contributed by atoms with Crippen molar-refractivity contribution in [3.63, 3.8) is 0 Å². The first-order chi connectivity index (χ1) is 28.9. The largest absolute Gasteiger partial charge is 0.480 e. The fraction of sp³-hybridized carbons (Fsp3) is 0.711. The van der Waals surface area contributed by atoms with E-state index in [0.717, 1.165) is 5.56 Å². The van der Waals surface area contributed by atoms with Gasteiger partial charge in [0.1, 0.15) is 18.1 Å². The van der Waals surface area contributed by atoms with Crippen LogP contribution in [-0.2, 0) is 49.4 Å². The minimum atomic E-state index is -1.15. The average Bonchev–Trinajstić information content (AvgIpc) is 3.71. The van der Waals surface area contributed by atoms with E-state index in [2.05, 4.69) is 22.3 Å². The number of hydrogen-bond acceptors (Lipinski definition) is 10. The summed E-state index contributed by atoms with van der Waals surface area (Å²) in [6.07, 6.45) is 0.592. The molecule has 0 bridgehead atoms. The summed E-state index contributed by atoms with van der Waals surface area (Å²) in [7, 11) is 6.23. The molecule has 1 aliphatic rings. The van der Waals surface area contributed by atoms with Crippen LogP contribution in [0, 0.1) is 23.7 Å². The number of hydrogen-bond donors (Lipinski definition) is 3. The topological polar surface area (TPSA) is 196 Å². The number of aliphatic carboxylic acids is 1. The molecule has 1 aliphatic heterocycles. The molecule has 1 heterocycles. The number of methoxy groups -OCH3 is 2. The molecule has 0 unspecified atom stereocenters. The quantitative estimate of drug-likeness (QED) is 0.0871. The summed E-state index contributed by atoms with van der Waals surface area (Å²) in [4.78, 5) is 89.9. The molecule has 0 radical (unpaired) electrons. The van der Waals surface area contributed by atoms with E-state index in [1.807, 2.05) is 59.7 Å². The zero-order chi connectivity index (χ0) is 46.0. The number of likely N-dealkylation sites (N-methyl/N-ethyl adjacent to an activating group) is 2. The van der Waals surface area contributed by atoms with E-state index >= 15 is 0 Å². The fourth-order valence-corrected chi connectivity index (χ4v) is 8.28. The summed E-state index contributed by atoms with van der Waals surface area (Å²) >= 11 is 0. The second kappa shape index (κ2) is 26.2. The standard InChI is InChI=1S/C45H74N6O10/c1-13-30(6)40(50(10)44(56)38(28(2)3)48-43(55)39(29(4)5)49(9)36(52)21-24-61-25-22-46-8)35(59-11)27-37(53)51-23-17-20-34(51)41(60-12)31(7)42(54)47-33(45(57)58)26-32-18-15-14-16-19-32/h14-16,18-19,28-31,33-35,38-41H,8,13,17,20-27H2,1-7,9-12H3,(H,47,54)(H,48,55)(H,57,58)/t30-,31+,33-,34-,35+,38-,39-,40-,41+/m0/s1. The number of nitrogens with one attached hydrogen (secondary N) is 2. The van der Waals surface area contributed by atoms with Gasteiger partial charge in [-0.05, 0) is 42.9 Å². The lowest BCUT2D eigenvalue weighted by atomic mass is 9.89. The number of benzene rings is 1. The molecule has 0 saturated carbocycles. The van der Waals surface area contributed by atoms with Crippen LogP contribution in [0.3, 0.4) is 0 Å². The number of likely N-dealkylation sites (tertiary alicyclic amines) is 1. The van der Waals surface area contributed by atoms with E-state index in [4.69, 9.17) is 14.2 Å². The van der Waals surface area contributed by atoms with Gasteiger partial charge in [-0.3, -0.25) is 29.0 Å². The third-order valence-electron chi connectivity index (χ3n) is 12.0. The van der Waals surface area contributed by atoms with Crippen molar-refractivity contribution in [1.82, 2.24) is 25.3 Å². The van der Waals surface area contributed by atoms with Gasteiger partial charge in [0.2, 0.25) is 29.5 Å². The normalized spacial score (nSPS) is 18.0. The van der Waals surface area contributed by atoms with E-state index in [1.165, 1.54) is 19.1 Å². The first-order valence-corrected chi connectivity index (χ1v) is 21.6. The monoisotopic (exact) mass is 859 g/mol. The fourth-order valence-electron chi connectivity index (χ4n) is 8.28. The maximum Gasteiger partial charge on any atom is 0.326 e. The van der Waals surface area contributed by atoms with Gasteiger partial charge in [0.15, 0.2) is 0 Å². The summed E-state index contributed by atoms with van der Waals surface area (Å²) in [6, 6.07) is 5.09. The number of carbonyl (C=O) groups is 6. The number of carboxylic acids is 1. The highest BCUT2D eigenvalue weighted by molar-refractivity contribution is 5.92. The first-order valence-electron chi connectivity index (χ1n) is 21.6. The van der Waals surface area contributed by atoms with Crippen LogP contribution < -0.4 is 10.6 Å². The van der Waals surface area contributed by atoms with Crippen LogP contribution in [-0.4, -0.2) is 159 Å². The number of amides is 5. The van der Waals surface area contributed by atoms with Gasteiger partial charge in [0, 0.05) is 41.3 Å². The number of ether oxygens (including phenoxy) is 3. The molecular formula is C45H74N6O10. The van der Waals surface area contributed by atoms with Crippen LogP contribution in [0.4, 0.5) is 0 Å². The van der Waals surface area contributed by atoms with Crippen molar-refractivity contribution in [3.05, 3.63) is 35.9 Å². The number of rotatable bonds is 27. The summed E-state index contributed by atoms with van der Waals surface area (Å²) in [5.74, 6) is -4.43. The summed E-state index contributed by atoms with van der Waals surface area (Å²) in [5, 5.41) is 15.5. The molecule has 16 nitrogen and oxygen atoms in total. The van der Waals surface area contributed by atoms with E-state index in [1.54, 1.807) is 43.0 Å². The lowest BCUT2D eigenvalue weighted by molar-refractivity contribution is -0.149. The maximum atomic E-state index is 14.5. The van der Waals surface area contributed by atoms with Gasteiger partial charge < -0.3 is 44.7 Å². The Morgan fingerprint density at radius 2 is 1.57 bits per heavy atom. The van der Waals surface area contributed by atoms with Crippen molar-refractivity contribution >= 4 is 42.2 Å². The predicted octanol–water partition coefficient (Wildman–Crippen LogP) is 3.45. The minimum absolute atomic E-state index is 0.0658.